The molecule has 0 spiro atoms. The zero-order valence-corrected chi connectivity index (χ0v) is 19.8. The lowest BCUT2D eigenvalue weighted by Gasteiger charge is -2.44. The summed E-state index contributed by atoms with van der Waals surface area (Å²) in [6.07, 6.45) is 5.55. The maximum absolute atomic E-state index is 15.3. The molecule has 4 heterocycles. The molecule has 1 N–H and O–H groups in total. The Kier molecular flexibility index (Phi) is 5.48. The van der Waals surface area contributed by atoms with Gasteiger partial charge in [0.15, 0.2) is 23.1 Å². The van der Waals surface area contributed by atoms with Gasteiger partial charge in [0.05, 0.1) is 0 Å². The zero-order valence-electron chi connectivity index (χ0n) is 19.0. The lowest BCUT2D eigenvalue weighted by Crippen LogP contribution is -2.55. The van der Waals surface area contributed by atoms with E-state index in [1.165, 1.54) is 28.7 Å². The lowest BCUT2D eigenvalue weighted by atomic mass is 9.92. The van der Waals surface area contributed by atoms with Gasteiger partial charge in [-0.1, -0.05) is 30.4 Å². The van der Waals surface area contributed by atoms with Crippen LogP contribution in [0.15, 0.2) is 64.4 Å². The molecule has 0 saturated carbocycles. The van der Waals surface area contributed by atoms with E-state index in [0.717, 1.165) is 16.5 Å². The first-order chi connectivity index (χ1) is 17.5. The first kappa shape index (κ1) is 22.7. The number of aromatic hydroxyl groups is 1. The molecule has 3 aliphatic rings. The third-order valence-corrected chi connectivity index (χ3v) is 7.80. The molecule has 1 aromatic heterocycles. The number of carbonyl (C=O) groups is 1. The van der Waals surface area contributed by atoms with Gasteiger partial charge in [-0.2, -0.15) is 0 Å². The van der Waals surface area contributed by atoms with E-state index in [1.54, 1.807) is 16.0 Å². The average Bonchev–Trinajstić information content (AvgIpc) is 3.04. The van der Waals surface area contributed by atoms with E-state index in [9.17, 15) is 19.1 Å². The molecule has 7 nitrogen and oxygen atoms in total. The summed E-state index contributed by atoms with van der Waals surface area (Å²) in [5.74, 6) is -2.70. The maximum Gasteiger partial charge on any atom is 0.277 e. The van der Waals surface area contributed by atoms with Crippen LogP contribution in [0.5, 0.6) is 11.5 Å². The van der Waals surface area contributed by atoms with Crippen LogP contribution in [0.25, 0.3) is 0 Å². The molecule has 0 unspecified atom stereocenters. The molecular formula is C26H21F2N3O4S. The molecule has 184 valence electrons. The first-order valence-corrected chi connectivity index (χ1v) is 12.5. The molecule has 1 amide bonds. The first-order valence-electron chi connectivity index (χ1n) is 11.5. The van der Waals surface area contributed by atoms with Crippen LogP contribution in [0.2, 0.25) is 0 Å². The Labute approximate surface area is 209 Å². The summed E-state index contributed by atoms with van der Waals surface area (Å²) >= 11 is 1.39. The zero-order chi connectivity index (χ0) is 25.0. The molecule has 2 aromatic carbocycles. The molecule has 3 aromatic rings. The minimum atomic E-state index is -0.998. The van der Waals surface area contributed by atoms with Crippen LogP contribution >= 0.6 is 11.8 Å². The van der Waals surface area contributed by atoms with Gasteiger partial charge in [-0.3, -0.25) is 19.3 Å². The van der Waals surface area contributed by atoms with Gasteiger partial charge in [0.25, 0.3) is 5.91 Å². The van der Waals surface area contributed by atoms with Crippen LogP contribution < -0.4 is 15.2 Å². The second-order valence-electron chi connectivity index (χ2n) is 8.73. The third kappa shape index (κ3) is 3.47. The number of benzene rings is 2. The number of pyridine rings is 1. The maximum atomic E-state index is 15.3. The van der Waals surface area contributed by atoms with E-state index in [4.69, 9.17) is 4.74 Å². The number of aromatic nitrogens is 1. The standard InChI is InChI=1S/C26H21F2N3O4S/c27-17-12-19-21-16(22(17)28)13-36-20-7-3-2-6-15(20)23(21)31-14-29(9-4-1-5-11-35-19)26(34)24-25(33)18(32)8-10-30(24)31/h1-3,5-8,10,12,23,33H,4,9,11,13-14H2/b5-1+/t23-/m0/s1. The monoisotopic (exact) mass is 509 g/mol. The van der Waals surface area contributed by atoms with Gasteiger partial charge in [-0.25, -0.2) is 8.78 Å². The van der Waals surface area contributed by atoms with Crippen molar-refractivity contribution in [1.29, 1.82) is 0 Å². The van der Waals surface area contributed by atoms with Gasteiger partial charge in [0.2, 0.25) is 5.43 Å². The van der Waals surface area contributed by atoms with Gasteiger partial charge in [0, 0.05) is 46.6 Å². The van der Waals surface area contributed by atoms with E-state index < -0.39 is 34.8 Å². The van der Waals surface area contributed by atoms with Crippen molar-refractivity contribution < 1.29 is 23.4 Å². The summed E-state index contributed by atoms with van der Waals surface area (Å²) in [6, 6.07) is 9.09. The van der Waals surface area contributed by atoms with Crippen molar-refractivity contribution in [1.82, 2.24) is 9.58 Å². The van der Waals surface area contributed by atoms with Crippen molar-refractivity contribution in [3.63, 3.8) is 0 Å². The minimum absolute atomic E-state index is 0.0868. The third-order valence-electron chi connectivity index (χ3n) is 6.68. The number of rotatable bonds is 0. The quantitative estimate of drug-likeness (QED) is 0.463. The van der Waals surface area contributed by atoms with Crippen LogP contribution in [-0.2, 0) is 5.75 Å². The number of hydrogen-bond donors (Lipinski definition) is 1. The second kappa shape index (κ2) is 8.70. The van der Waals surface area contributed by atoms with Crippen molar-refractivity contribution in [2.45, 2.75) is 23.1 Å². The van der Waals surface area contributed by atoms with Gasteiger partial charge < -0.3 is 14.7 Å². The Morgan fingerprint density at radius 3 is 2.81 bits per heavy atom. The second-order valence-corrected chi connectivity index (χ2v) is 9.75. The predicted octanol–water partition coefficient (Wildman–Crippen LogP) is 3.92. The molecule has 6 rings (SSSR count). The SMILES string of the molecule is O=C1c2c(O)c(=O)ccn2N2CN1CC/C=C/COc1cc(F)c(F)c3c1[C@@H]2c1ccccc1SC3. The van der Waals surface area contributed by atoms with Crippen LogP contribution in [0.1, 0.15) is 39.6 Å². The highest BCUT2D eigenvalue weighted by molar-refractivity contribution is 7.98. The molecule has 0 saturated heterocycles. The number of fused-ring (bicyclic) bond motifs is 7. The normalized spacial score (nSPS) is 19.6. The molecular weight excluding hydrogens is 488 g/mol. The smallest absolute Gasteiger partial charge is 0.277 e. The number of ether oxygens (including phenoxy) is 1. The average molecular weight is 510 g/mol. The lowest BCUT2D eigenvalue weighted by molar-refractivity contribution is 0.0682. The Balaban J connectivity index is 1.70. The Morgan fingerprint density at radius 2 is 1.94 bits per heavy atom. The highest BCUT2D eigenvalue weighted by Gasteiger charge is 2.40. The fraction of sp³-hybridized carbons (Fsp3) is 0.231. The fourth-order valence-corrected chi connectivity index (χ4v) is 6.10. The van der Waals surface area contributed by atoms with Gasteiger partial charge in [-0.05, 0) is 18.1 Å². The molecule has 1 atom stereocenters. The Bertz CT molecular complexity index is 1490. The molecule has 0 fully saturated rings. The van der Waals surface area contributed by atoms with Crippen LogP contribution in [0.4, 0.5) is 8.78 Å². The Hall–Kier alpha value is -3.79. The molecule has 36 heavy (non-hydrogen) atoms. The van der Waals surface area contributed by atoms with Crippen molar-refractivity contribution in [2.24, 2.45) is 0 Å². The van der Waals surface area contributed by atoms with Crippen LogP contribution in [0, 0.1) is 11.6 Å². The van der Waals surface area contributed by atoms with E-state index >= 15 is 4.39 Å². The molecule has 0 radical (unpaired) electrons. The predicted molar refractivity (Wildman–Crippen MR) is 130 cm³/mol. The number of amides is 1. The van der Waals surface area contributed by atoms with Crippen molar-refractivity contribution in [3.8, 4) is 11.5 Å². The molecule has 2 bridgehead atoms. The van der Waals surface area contributed by atoms with Gasteiger partial charge in [-0.15, -0.1) is 11.8 Å². The highest BCUT2D eigenvalue weighted by Crippen LogP contribution is 2.47. The summed E-state index contributed by atoms with van der Waals surface area (Å²) in [7, 11) is 0. The topological polar surface area (TPSA) is 75.0 Å². The molecule has 10 heteroatoms. The number of halogens is 2. The van der Waals surface area contributed by atoms with Gasteiger partial charge >= 0.3 is 0 Å². The summed E-state index contributed by atoms with van der Waals surface area (Å²) in [5.41, 5.74) is 0.581. The summed E-state index contributed by atoms with van der Waals surface area (Å²) in [6.45, 7) is 0.565. The van der Waals surface area contributed by atoms with Crippen molar-refractivity contribution in [2.75, 3.05) is 24.8 Å². The van der Waals surface area contributed by atoms with Gasteiger partial charge in [0.1, 0.15) is 25.1 Å². The minimum Gasteiger partial charge on any atom is -0.502 e. The number of hydrogen-bond acceptors (Lipinski definition) is 6. The number of thioether (sulfide) groups is 1. The van der Waals surface area contributed by atoms with Crippen LogP contribution in [0.3, 0.4) is 0 Å². The molecule has 3 aliphatic heterocycles. The Morgan fingerprint density at radius 1 is 1.11 bits per heavy atom. The van der Waals surface area contributed by atoms with Crippen molar-refractivity contribution >= 4 is 17.7 Å². The van der Waals surface area contributed by atoms with E-state index in [-0.39, 0.29) is 36.0 Å². The summed E-state index contributed by atoms with van der Waals surface area (Å²) < 4.78 is 37.5. The summed E-state index contributed by atoms with van der Waals surface area (Å²) in [4.78, 5) is 28.1. The fourth-order valence-electron chi connectivity index (χ4n) is 5.00. The molecule has 0 aliphatic carbocycles. The van der Waals surface area contributed by atoms with E-state index in [2.05, 4.69) is 0 Å². The number of carbonyl (C=O) groups excluding carboxylic acids is 1. The van der Waals surface area contributed by atoms with Crippen LogP contribution in [-0.4, -0.2) is 40.4 Å². The highest BCUT2D eigenvalue weighted by atomic mass is 32.2. The van der Waals surface area contributed by atoms with Crippen molar-refractivity contribution in [3.05, 3.63) is 99.0 Å². The van der Waals surface area contributed by atoms with E-state index in [0.29, 0.717) is 18.5 Å². The largest absolute Gasteiger partial charge is 0.502 e. The number of nitrogens with zero attached hydrogens (tertiary/aromatic N) is 3. The van der Waals surface area contributed by atoms with E-state index in [1.807, 2.05) is 30.3 Å². The summed E-state index contributed by atoms with van der Waals surface area (Å²) in [5, 5.41) is 12.4.